The first-order chi connectivity index (χ1) is 9.33. The first kappa shape index (κ1) is 17.1. The van der Waals surface area contributed by atoms with Gasteiger partial charge in [0.05, 0.1) is 26.9 Å². The van der Waals surface area contributed by atoms with Gasteiger partial charge in [-0.2, -0.15) is 0 Å². The van der Waals surface area contributed by atoms with Gasteiger partial charge in [0.1, 0.15) is 0 Å². The van der Waals surface area contributed by atoms with Gasteiger partial charge in [0, 0.05) is 19.6 Å². The maximum atomic E-state index is 5.66. The monoisotopic (exact) mass is 301 g/mol. The Kier molecular flexibility index (Phi) is 7.73. The summed E-state index contributed by atoms with van der Waals surface area (Å²) in [5, 5.41) is 0. The average Bonchev–Trinajstić information content (AvgIpc) is 2.47. The van der Waals surface area contributed by atoms with Crippen LogP contribution in [0.2, 0.25) is 0 Å². The van der Waals surface area contributed by atoms with Crippen molar-refractivity contribution in [3.8, 4) is 11.5 Å². The van der Waals surface area contributed by atoms with Gasteiger partial charge < -0.3 is 14.2 Å². The fourth-order valence-electron chi connectivity index (χ4n) is 2.16. The number of ether oxygens (including phenoxy) is 3. The van der Waals surface area contributed by atoms with Crippen molar-refractivity contribution in [2.24, 2.45) is 0 Å². The Labute approximate surface area is 127 Å². The molecule has 0 unspecified atom stereocenters. The number of benzene rings is 1. The quantitative estimate of drug-likeness (QED) is 0.808. The highest BCUT2D eigenvalue weighted by Gasteiger charge is 2.12. The van der Waals surface area contributed by atoms with E-state index in [0.29, 0.717) is 0 Å². The molecule has 1 aliphatic heterocycles. The standard InChI is InChI=1S/C15H23NO3.ClH/c1-3-8-19-14-5-4-13(11-15(14)17-2)12-16-6-9-18-10-7-16;/h4-5,11H,3,6-10,12H2,1-2H3;1H. The number of nitrogens with zero attached hydrogens (tertiary/aromatic N) is 1. The molecule has 0 aliphatic carbocycles. The molecule has 2 rings (SSSR count). The Morgan fingerprint density at radius 1 is 1.20 bits per heavy atom. The molecular weight excluding hydrogens is 278 g/mol. The highest BCUT2D eigenvalue weighted by molar-refractivity contribution is 5.85. The zero-order valence-corrected chi connectivity index (χ0v) is 13.1. The third-order valence-corrected chi connectivity index (χ3v) is 3.20. The number of hydrogen-bond acceptors (Lipinski definition) is 4. The highest BCUT2D eigenvalue weighted by atomic mass is 35.5. The molecule has 1 heterocycles. The molecule has 114 valence electrons. The molecule has 1 aliphatic rings. The third-order valence-electron chi connectivity index (χ3n) is 3.20. The second kappa shape index (κ2) is 9.06. The van der Waals surface area contributed by atoms with E-state index < -0.39 is 0 Å². The van der Waals surface area contributed by atoms with E-state index in [4.69, 9.17) is 14.2 Å². The van der Waals surface area contributed by atoms with Crippen molar-refractivity contribution in [2.45, 2.75) is 19.9 Å². The molecule has 0 atom stereocenters. The molecule has 0 saturated carbocycles. The molecule has 0 amide bonds. The summed E-state index contributed by atoms with van der Waals surface area (Å²) in [5.41, 5.74) is 1.25. The van der Waals surface area contributed by atoms with E-state index in [9.17, 15) is 0 Å². The van der Waals surface area contributed by atoms with Crippen molar-refractivity contribution in [1.29, 1.82) is 0 Å². The predicted octanol–water partition coefficient (Wildman–Crippen LogP) is 2.74. The number of hydrogen-bond donors (Lipinski definition) is 0. The predicted molar refractivity (Wildman–Crippen MR) is 82.1 cm³/mol. The highest BCUT2D eigenvalue weighted by Crippen LogP contribution is 2.28. The lowest BCUT2D eigenvalue weighted by Crippen LogP contribution is -2.35. The maximum absolute atomic E-state index is 5.66. The molecule has 0 N–H and O–H groups in total. The Hall–Kier alpha value is -0.970. The number of morpholine rings is 1. The summed E-state index contributed by atoms with van der Waals surface area (Å²) in [6.45, 7) is 7.41. The van der Waals surface area contributed by atoms with Crippen LogP contribution in [0.15, 0.2) is 18.2 Å². The lowest BCUT2D eigenvalue weighted by Gasteiger charge is -2.26. The van der Waals surface area contributed by atoms with E-state index >= 15 is 0 Å². The van der Waals surface area contributed by atoms with Gasteiger partial charge in [-0.15, -0.1) is 12.4 Å². The summed E-state index contributed by atoms with van der Waals surface area (Å²) in [4.78, 5) is 2.39. The summed E-state index contributed by atoms with van der Waals surface area (Å²) >= 11 is 0. The minimum absolute atomic E-state index is 0. The Morgan fingerprint density at radius 2 is 1.95 bits per heavy atom. The molecule has 1 saturated heterocycles. The molecule has 0 bridgehead atoms. The molecule has 5 heteroatoms. The SMILES string of the molecule is CCCOc1ccc(CN2CCOCC2)cc1OC.Cl. The second-order valence-electron chi connectivity index (χ2n) is 4.72. The molecular formula is C15H24ClNO3. The zero-order chi connectivity index (χ0) is 13.5. The van der Waals surface area contributed by atoms with E-state index in [0.717, 1.165) is 57.4 Å². The maximum Gasteiger partial charge on any atom is 0.161 e. The minimum atomic E-state index is 0. The Morgan fingerprint density at radius 3 is 2.60 bits per heavy atom. The van der Waals surface area contributed by atoms with Gasteiger partial charge in [0.25, 0.3) is 0 Å². The van der Waals surface area contributed by atoms with E-state index in [1.807, 2.05) is 6.07 Å². The van der Waals surface area contributed by atoms with Crippen molar-refractivity contribution >= 4 is 12.4 Å². The van der Waals surface area contributed by atoms with Crippen LogP contribution >= 0.6 is 12.4 Å². The van der Waals surface area contributed by atoms with Gasteiger partial charge in [-0.1, -0.05) is 13.0 Å². The zero-order valence-electron chi connectivity index (χ0n) is 12.3. The van der Waals surface area contributed by atoms with Crippen molar-refractivity contribution in [2.75, 3.05) is 40.0 Å². The average molecular weight is 302 g/mol. The van der Waals surface area contributed by atoms with Gasteiger partial charge in [-0.05, 0) is 24.1 Å². The smallest absolute Gasteiger partial charge is 0.161 e. The van der Waals surface area contributed by atoms with Crippen LogP contribution in [0.1, 0.15) is 18.9 Å². The van der Waals surface area contributed by atoms with Crippen LogP contribution in [-0.2, 0) is 11.3 Å². The molecule has 0 radical (unpaired) electrons. The van der Waals surface area contributed by atoms with Gasteiger partial charge >= 0.3 is 0 Å². The fraction of sp³-hybridized carbons (Fsp3) is 0.600. The van der Waals surface area contributed by atoms with Gasteiger partial charge in [0.2, 0.25) is 0 Å². The Balaban J connectivity index is 0.00000200. The van der Waals surface area contributed by atoms with E-state index in [2.05, 4.69) is 24.0 Å². The summed E-state index contributed by atoms with van der Waals surface area (Å²) in [6, 6.07) is 6.19. The molecule has 1 aromatic rings. The van der Waals surface area contributed by atoms with Crippen LogP contribution < -0.4 is 9.47 Å². The molecule has 20 heavy (non-hydrogen) atoms. The van der Waals surface area contributed by atoms with Crippen LogP contribution in [0.4, 0.5) is 0 Å². The van der Waals surface area contributed by atoms with Crippen LogP contribution in [0.3, 0.4) is 0 Å². The first-order valence-electron chi connectivity index (χ1n) is 6.93. The van der Waals surface area contributed by atoms with Crippen LogP contribution in [0.25, 0.3) is 0 Å². The van der Waals surface area contributed by atoms with Crippen molar-refractivity contribution in [1.82, 2.24) is 4.90 Å². The lowest BCUT2D eigenvalue weighted by atomic mass is 10.2. The van der Waals surface area contributed by atoms with E-state index in [1.54, 1.807) is 7.11 Å². The number of halogens is 1. The number of rotatable bonds is 6. The summed E-state index contributed by atoms with van der Waals surface area (Å²) in [5.74, 6) is 1.65. The third kappa shape index (κ3) is 4.85. The molecule has 1 aromatic carbocycles. The topological polar surface area (TPSA) is 30.9 Å². The van der Waals surface area contributed by atoms with Crippen molar-refractivity contribution in [3.05, 3.63) is 23.8 Å². The van der Waals surface area contributed by atoms with E-state index in [1.165, 1.54) is 5.56 Å². The molecule has 1 fully saturated rings. The first-order valence-corrected chi connectivity index (χ1v) is 6.93. The number of methoxy groups -OCH3 is 1. The summed E-state index contributed by atoms with van der Waals surface area (Å²) in [6.07, 6.45) is 0.999. The van der Waals surface area contributed by atoms with Crippen molar-refractivity contribution < 1.29 is 14.2 Å². The van der Waals surface area contributed by atoms with Crippen molar-refractivity contribution in [3.63, 3.8) is 0 Å². The summed E-state index contributed by atoms with van der Waals surface area (Å²) < 4.78 is 16.4. The van der Waals surface area contributed by atoms with Crippen LogP contribution in [0.5, 0.6) is 11.5 Å². The largest absolute Gasteiger partial charge is 0.493 e. The lowest BCUT2D eigenvalue weighted by molar-refractivity contribution is 0.0341. The van der Waals surface area contributed by atoms with Gasteiger partial charge in [-0.3, -0.25) is 4.90 Å². The molecule has 0 spiro atoms. The van der Waals surface area contributed by atoms with Gasteiger partial charge in [-0.25, -0.2) is 0 Å². The van der Waals surface area contributed by atoms with Crippen LogP contribution in [-0.4, -0.2) is 44.9 Å². The Bertz CT molecular complexity index is 395. The van der Waals surface area contributed by atoms with Crippen LogP contribution in [0, 0.1) is 0 Å². The van der Waals surface area contributed by atoms with E-state index in [-0.39, 0.29) is 12.4 Å². The fourth-order valence-corrected chi connectivity index (χ4v) is 2.16. The van der Waals surface area contributed by atoms with Gasteiger partial charge in [0.15, 0.2) is 11.5 Å². The molecule has 4 nitrogen and oxygen atoms in total. The normalized spacial score (nSPS) is 15.5. The minimum Gasteiger partial charge on any atom is -0.493 e. The summed E-state index contributed by atoms with van der Waals surface area (Å²) in [7, 11) is 1.69. The molecule has 0 aromatic heterocycles. The second-order valence-corrected chi connectivity index (χ2v) is 4.72.